The summed E-state index contributed by atoms with van der Waals surface area (Å²) in [6.07, 6.45) is 0. The van der Waals surface area contributed by atoms with Gasteiger partial charge in [0.2, 0.25) is 5.55 Å². The van der Waals surface area contributed by atoms with Crippen LogP contribution in [0.2, 0.25) is 5.02 Å². The Balaban J connectivity index is 1.84. The smallest absolute Gasteiger partial charge is 0.261 e. The van der Waals surface area contributed by atoms with Crippen molar-refractivity contribution in [3.8, 4) is 0 Å². The molecule has 0 unspecified atom stereocenters. The minimum atomic E-state index is -0.301. The van der Waals surface area contributed by atoms with Gasteiger partial charge in [-0.15, -0.1) is 0 Å². The van der Waals surface area contributed by atoms with Gasteiger partial charge < -0.3 is 9.73 Å². The van der Waals surface area contributed by atoms with E-state index in [9.17, 15) is 4.79 Å². The zero-order chi connectivity index (χ0) is 20.4. The highest BCUT2D eigenvalue weighted by molar-refractivity contribution is 6.30. The highest BCUT2D eigenvalue weighted by Crippen LogP contribution is 2.19. The van der Waals surface area contributed by atoms with Crippen molar-refractivity contribution in [2.75, 3.05) is 5.32 Å². The van der Waals surface area contributed by atoms with Crippen LogP contribution in [0.4, 0.5) is 11.4 Å². The van der Waals surface area contributed by atoms with Gasteiger partial charge in [0.15, 0.2) is 0 Å². The molecule has 144 valence electrons. The van der Waals surface area contributed by atoms with Gasteiger partial charge in [-0.25, -0.2) is 4.99 Å². The van der Waals surface area contributed by atoms with Gasteiger partial charge in [0.1, 0.15) is 11.1 Å². The number of amides is 1. The number of nitrogens with zero attached hydrogens (tertiary/aromatic N) is 1. The molecule has 1 aromatic heterocycles. The van der Waals surface area contributed by atoms with Crippen molar-refractivity contribution < 1.29 is 9.21 Å². The standard InChI is InChI=1S/C24H19ClN2O2/c1-15-11-16(2)13-20(12-15)27-24-21(14-17-5-3-4-6-22(17)29-24)23(28)26-19-9-7-18(25)8-10-19/h3-14H,1-2H3,(H,26,28). The first kappa shape index (κ1) is 19.0. The molecule has 29 heavy (non-hydrogen) atoms. The summed E-state index contributed by atoms with van der Waals surface area (Å²) in [5.41, 5.74) is 4.86. The average molecular weight is 403 g/mol. The Morgan fingerprint density at radius 2 is 1.62 bits per heavy atom. The average Bonchev–Trinajstić information content (AvgIpc) is 2.68. The zero-order valence-electron chi connectivity index (χ0n) is 16.1. The van der Waals surface area contributed by atoms with Crippen LogP contribution < -0.4 is 10.9 Å². The van der Waals surface area contributed by atoms with Gasteiger partial charge in [0.25, 0.3) is 5.91 Å². The predicted molar refractivity (Wildman–Crippen MR) is 117 cm³/mol. The molecule has 4 nitrogen and oxygen atoms in total. The first-order chi connectivity index (χ1) is 14.0. The van der Waals surface area contributed by atoms with E-state index < -0.39 is 0 Å². The van der Waals surface area contributed by atoms with Gasteiger partial charge in [0.05, 0.1) is 5.69 Å². The molecule has 0 saturated heterocycles. The molecule has 4 rings (SSSR count). The Labute approximate surface area is 173 Å². The van der Waals surface area contributed by atoms with E-state index >= 15 is 0 Å². The van der Waals surface area contributed by atoms with Crippen LogP contribution in [0.25, 0.3) is 11.0 Å². The summed E-state index contributed by atoms with van der Waals surface area (Å²) >= 11 is 5.93. The maximum Gasteiger partial charge on any atom is 0.261 e. The summed E-state index contributed by atoms with van der Waals surface area (Å²) in [7, 11) is 0. The number of hydrogen-bond donors (Lipinski definition) is 1. The third-order valence-corrected chi connectivity index (χ3v) is 4.69. The van der Waals surface area contributed by atoms with E-state index in [0.717, 1.165) is 22.2 Å². The van der Waals surface area contributed by atoms with Gasteiger partial charge >= 0.3 is 0 Å². The minimum Gasteiger partial charge on any atom is -0.438 e. The molecule has 0 saturated carbocycles. The number of carbonyl (C=O) groups is 1. The van der Waals surface area contributed by atoms with E-state index in [1.54, 1.807) is 30.3 Å². The third kappa shape index (κ3) is 4.39. The van der Waals surface area contributed by atoms with Gasteiger partial charge in [-0.1, -0.05) is 35.9 Å². The van der Waals surface area contributed by atoms with Crippen molar-refractivity contribution in [1.82, 2.24) is 0 Å². The molecule has 0 spiro atoms. The number of para-hydroxylation sites is 1. The van der Waals surface area contributed by atoms with Crippen LogP contribution in [-0.4, -0.2) is 5.91 Å². The number of nitrogens with one attached hydrogen (secondary N) is 1. The molecule has 0 aliphatic rings. The molecule has 0 aliphatic heterocycles. The highest BCUT2D eigenvalue weighted by Gasteiger charge is 2.13. The number of rotatable bonds is 3. The fourth-order valence-electron chi connectivity index (χ4n) is 3.18. The molecule has 0 atom stereocenters. The monoisotopic (exact) mass is 402 g/mol. The summed E-state index contributed by atoms with van der Waals surface area (Å²) in [5, 5.41) is 4.31. The van der Waals surface area contributed by atoms with Crippen molar-refractivity contribution in [3.63, 3.8) is 0 Å². The van der Waals surface area contributed by atoms with Crippen LogP contribution in [0.1, 0.15) is 21.5 Å². The van der Waals surface area contributed by atoms with E-state index in [0.29, 0.717) is 21.9 Å². The van der Waals surface area contributed by atoms with Crippen LogP contribution in [-0.2, 0) is 0 Å². The lowest BCUT2D eigenvalue weighted by molar-refractivity contribution is 0.102. The number of fused-ring (bicyclic) bond motifs is 1. The van der Waals surface area contributed by atoms with Crippen molar-refractivity contribution in [3.05, 3.63) is 100 Å². The van der Waals surface area contributed by atoms with E-state index in [2.05, 4.69) is 16.4 Å². The molecule has 0 aliphatic carbocycles. The molecule has 0 radical (unpaired) electrons. The lowest BCUT2D eigenvalue weighted by Gasteiger charge is -2.07. The number of carbonyl (C=O) groups excluding carboxylic acids is 1. The Bertz CT molecular complexity index is 1250. The highest BCUT2D eigenvalue weighted by atomic mass is 35.5. The zero-order valence-corrected chi connectivity index (χ0v) is 16.8. The molecule has 4 aromatic rings. The van der Waals surface area contributed by atoms with E-state index in [1.165, 1.54) is 0 Å². The molecule has 5 heteroatoms. The van der Waals surface area contributed by atoms with Crippen molar-refractivity contribution in [2.45, 2.75) is 13.8 Å². The van der Waals surface area contributed by atoms with E-state index in [4.69, 9.17) is 16.0 Å². The first-order valence-corrected chi connectivity index (χ1v) is 9.58. The normalized spacial score (nSPS) is 11.6. The van der Waals surface area contributed by atoms with Crippen molar-refractivity contribution >= 4 is 39.9 Å². The quantitative estimate of drug-likeness (QED) is 0.444. The van der Waals surface area contributed by atoms with Crippen LogP contribution >= 0.6 is 11.6 Å². The Morgan fingerprint density at radius 3 is 2.34 bits per heavy atom. The molecule has 0 bridgehead atoms. The maximum atomic E-state index is 13.0. The number of halogens is 1. The second-order valence-electron chi connectivity index (χ2n) is 6.92. The minimum absolute atomic E-state index is 0.264. The lowest BCUT2D eigenvalue weighted by Crippen LogP contribution is -2.21. The summed E-state index contributed by atoms with van der Waals surface area (Å²) in [6.45, 7) is 4.02. The van der Waals surface area contributed by atoms with Gasteiger partial charge in [-0.3, -0.25) is 4.79 Å². The van der Waals surface area contributed by atoms with E-state index in [-0.39, 0.29) is 11.5 Å². The molecular formula is C24H19ClN2O2. The Morgan fingerprint density at radius 1 is 0.931 bits per heavy atom. The topological polar surface area (TPSA) is 54.6 Å². The van der Waals surface area contributed by atoms with Crippen LogP contribution in [0.5, 0.6) is 0 Å². The second-order valence-corrected chi connectivity index (χ2v) is 7.36. The van der Waals surface area contributed by atoms with E-state index in [1.807, 2.05) is 50.2 Å². The van der Waals surface area contributed by atoms with Gasteiger partial charge in [-0.05, 0) is 73.5 Å². The van der Waals surface area contributed by atoms with Gasteiger partial charge in [-0.2, -0.15) is 0 Å². The number of aryl methyl sites for hydroxylation is 2. The number of benzene rings is 3. The van der Waals surface area contributed by atoms with Crippen molar-refractivity contribution in [2.24, 2.45) is 4.99 Å². The largest absolute Gasteiger partial charge is 0.438 e. The summed E-state index contributed by atoms with van der Waals surface area (Å²) in [4.78, 5) is 17.7. The lowest BCUT2D eigenvalue weighted by atomic mass is 10.1. The molecular weight excluding hydrogens is 384 g/mol. The van der Waals surface area contributed by atoms with Crippen LogP contribution in [0, 0.1) is 13.8 Å². The Kier molecular flexibility index (Phi) is 5.19. The first-order valence-electron chi connectivity index (χ1n) is 9.21. The van der Waals surface area contributed by atoms with Gasteiger partial charge in [0, 0.05) is 16.1 Å². The number of hydrogen-bond acceptors (Lipinski definition) is 3. The molecule has 1 amide bonds. The fourth-order valence-corrected chi connectivity index (χ4v) is 3.30. The Hall–Kier alpha value is -3.37. The molecule has 1 N–H and O–H groups in total. The van der Waals surface area contributed by atoms with Crippen molar-refractivity contribution in [1.29, 1.82) is 0 Å². The molecule has 3 aromatic carbocycles. The predicted octanol–water partition coefficient (Wildman–Crippen LogP) is 6.19. The second kappa shape index (κ2) is 7.94. The number of anilines is 1. The van der Waals surface area contributed by atoms with Crippen LogP contribution in [0.3, 0.4) is 0 Å². The summed E-state index contributed by atoms with van der Waals surface area (Å²) < 4.78 is 6.01. The summed E-state index contributed by atoms with van der Waals surface area (Å²) in [5.74, 6) is -0.301. The maximum absolute atomic E-state index is 13.0. The summed E-state index contributed by atoms with van der Waals surface area (Å²) in [6, 6.07) is 22.3. The molecule has 0 fully saturated rings. The SMILES string of the molecule is Cc1cc(C)cc(N=c2oc3ccccc3cc2C(=O)Nc2ccc(Cl)cc2)c1. The van der Waals surface area contributed by atoms with Crippen LogP contribution in [0.15, 0.2) is 82.2 Å². The molecule has 1 heterocycles. The fraction of sp³-hybridized carbons (Fsp3) is 0.0833. The third-order valence-electron chi connectivity index (χ3n) is 4.44.